The molecule has 1 saturated carbocycles. The second-order valence-corrected chi connectivity index (χ2v) is 9.69. The summed E-state index contributed by atoms with van der Waals surface area (Å²) in [5.41, 5.74) is 1.75. The highest BCUT2D eigenvalue weighted by Gasteiger charge is 2.28. The van der Waals surface area contributed by atoms with Crippen LogP contribution in [-0.4, -0.2) is 34.8 Å². The Balaban J connectivity index is 1.44. The first-order valence-electron chi connectivity index (χ1n) is 11.3. The molecule has 0 unspecified atom stereocenters. The zero-order valence-corrected chi connectivity index (χ0v) is 18.8. The van der Waals surface area contributed by atoms with Gasteiger partial charge in [-0.3, -0.25) is 0 Å². The van der Waals surface area contributed by atoms with Crippen molar-refractivity contribution < 1.29 is 4.74 Å². The van der Waals surface area contributed by atoms with E-state index >= 15 is 0 Å². The third-order valence-corrected chi connectivity index (χ3v) is 6.51. The van der Waals surface area contributed by atoms with Gasteiger partial charge >= 0.3 is 0 Å². The predicted molar refractivity (Wildman–Crippen MR) is 124 cm³/mol. The second-order valence-electron chi connectivity index (χ2n) is 9.28. The first-order chi connectivity index (χ1) is 14.5. The molecule has 30 heavy (non-hydrogen) atoms. The Labute approximate surface area is 185 Å². The summed E-state index contributed by atoms with van der Waals surface area (Å²) in [4.78, 5) is 9.32. The van der Waals surface area contributed by atoms with Crippen LogP contribution in [0.4, 0.5) is 11.6 Å². The predicted octanol–water partition coefficient (Wildman–Crippen LogP) is 6.16. The number of halogens is 1. The van der Waals surface area contributed by atoms with Gasteiger partial charge in [0, 0.05) is 31.0 Å². The molecular formula is C24H33ClN4O. The van der Waals surface area contributed by atoms with Crippen LogP contribution in [0.3, 0.4) is 0 Å². The fourth-order valence-corrected chi connectivity index (χ4v) is 4.83. The molecule has 0 radical (unpaired) electrons. The highest BCUT2D eigenvalue weighted by atomic mass is 35.5. The van der Waals surface area contributed by atoms with Crippen molar-refractivity contribution in [3.05, 3.63) is 35.5 Å². The van der Waals surface area contributed by atoms with Crippen molar-refractivity contribution >= 4 is 23.2 Å². The molecule has 0 amide bonds. The van der Waals surface area contributed by atoms with E-state index in [1.807, 2.05) is 24.3 Å². The van der Waals surface area contributed by atoms with Gasteiger partial charge in [0.2, 0.25) is 0 Å². The van der Waals surface area contributed by atoms with Gasteiger partial charge in [0.1, 0.15) is 11.6 Å². The van der Waals surface area contributed by atoms with Crippen molar-refractivity contribution in [2.45, 2.75) is 70.4 Å². The average Bonchev–Trinajstić information content (AvgIpc) is 2.74. The number of rotatable bonds is 6. The fraction of sp³-hybridized carbons (Fsp3) is 0.583. The summed E-state index contributed by atoms with van der Waals surface area (Å²) in [6.45, 7) is 6.07. The van der Waals surface area contributed by atoms with Crippen LogP contribution in [0.1, 0.15) is 58.8 Å². The van der Waals surface area contributed by atoms with Gasteiger partial charge in [0.05, 0.1) is 16.3 Å². The van der Waals surface area contributed by atoms with Crippen LogP contribution in [-0.2, 0) is 4.74 Å². The van der Waals surface area contributed by atoms with E-state index in [2.05, 4.69) is 29.5 Å². The minimum Gasteiger partial charge on any atom is -0.376 e. The van der Waals surface area contributed by atoms with E-state index in [4.69, 9.17) is 21.3 Å². The zero-order valence-electron chi connectivity index (χ0n) is 18.1. The highest BCUT2D eigenvalue weighted by Crippen LogP contribution is 2.31. The van der Waals surface area contributed by atoms with E-state index in [1.165, 1.54) is 32.1 Å². The smallest absolute Gasteiger partial charge is 0.126 e. The van der Waals surface area contributed by atoms with E-state index in [-0.39, 0.29) is 5.60 Å². The summed E-state index contributed by atoms with van der Waals surface area (Å²) in [7, 11) is 0. The van der Waals surface area contributed by atoms with Gasteiger partial charge in [-0.05, 0) is 63.6 Å². The number of nitrogens with zero attached hydrogens (tertiary/aromatic N) is 2. The van der Waals surface area contributed by atoms with E-state index in [0.717, 1.165) is 48.9 Å². The summed E-state index contributed by atoms with van der Waals surface area (Å²) >= 11 is 6.49. The molecule has 2 N–H and O–H groups in total. The normalized spacial score (nSPS) is 21.9. The highest BCUT2D eigenvalue weighted by molar-refractivity contribution is 6.33. The molecule has 5 nitrogen and oxygen atoms in total. The molecule has 0 aromatic carbocycles. The Bertz CT molecular complexity index is 851. The molecule has 1 atom stereocenters. The zero-order chi connectivity index (χ0) is 21.0. The standard InChI is InChI=1S/C24H33ClN4O/c1-24(2)14-17(11-12-30-24)15-26-22-10-6-9-21(29-22)19-13-23(27-16-20(19)25)28-18-7-4-3-5-8-18/h6,9-10,13,16-18H,3-5,7-8,11-12,14-15H2,1-2H3,(H,26,29)(H,27,28)/t17-/m1/s1. The van der Waals surface area contributed by atoms with E-state index in [0.29, 0.717) is 17.0 Å². The Morgan fingerprint density at radius 2 is 1.97 bits per heavy atom. The number of aromatic nitrogens is 2. The summed E-state index contributed by atoms with van der Waals surface area (Å²) in [5, 5.41) is 7.73. The lowest BCUT2D eigenvalue weighted by Crippen LogP contribution is -2.36. The minimum atomic E-state index is -0.0355. The fourth-order valence-electron chi connectivity index (χ4n) is 4.63. The number of pyridine rings is 2. The van der Waals surface area contributed by atoms with Gasteiger partial charge in [0.15, 0.2) is 0 Å². The molecule has 1 saturated heterocycles. The molecule has 0 bridgehead atoms. The van der Waals surface area contributed by atoms with Crippen molar-refractivity contribution in [2.75, 3.05) is 23.8 Å². The van der Waals surface area contributed by atoms with Crippen LogP contribution >= 0.6 is 11.6 Å². The van der Waals surface area contributed by atoms with E-state index in [1.54, 1.807) is 6.20 Å². The summed E-state index contributed by atoms with van der Waals surface area (Å²) in [6, 6.07) is 8.59. The van der Waals surface area contributed by atoms with Gasteiger partial charge in [-0.2, -0.15) is 0 Å². The van der Waals surface area contributed by atoms with Crippen LogP contribution in [0.15, 0.2) is 30.5 Å². The SMILES string of the molecule is CC1(C)C[C@H](CNc2cccc(-c3cc(NC4CCCCC4)ncc3Cl)n2)CCO1. The van der Waals surface area contributed by atoms with Crippen LogP contribution in [0.5, 0.6) is 0 Å². The molecule has 2 fully saturated rings. The van der Waals surface area contributed by atoms with Crippen LogP contribution < -0.4 is 10.6 Å². The van der Waals surface area contributed by atoms with Crippen molar-refractivity contribution in [1.29, 1.82) is 0 Å². The molecule has 2 aromatic rings. The van der Waals surface area contributed by atoms with Crippen LogP contribution in [0, 0.1) is 5.92 Å². The second kappa shape index (κ2) is 9.52. The molecule has 6 heteroatoms. The monoisotopic (exact) mass is 428 g/mol. The Hall–Kier alpha value is -1.85. The third kappa shape index (κ3) is 5.64. The largest absolute Gasteiger partial charge is 0.376 e. The minimum absolute atomic E-state index is 0.0355. The van der Waals surface area contributed by atoms with Crippen molar-refractivity contribution in [2.24, 2.45) is 5.92 Å². The molecule has 2 aliphatic rings. The number of hydrogen-bond acceptors (Lipinski definition) is 5. The Morgan fingerprint density at radius 1 is 1.13 bits per heavy atom. The maximum absolute atomic E-state index is 6.49. The third-order valence-electron chi connectivity index (χ3n) is 6.21. The lowest BCUT2D eigenvalue weighted by molar-refractivity contribution is -0.0699. The molecule has 4 rings (SSSR count). The summed E-state index contributed by atoms with van der Waals surface area (Å²) < 4.78 is 5.83. The first kappa shape index (κ1) is 21.4. The topological polar surface area (TPSA) is 59.1 Å². The average molecular weight is 429 g/mol. The lowest BCUT2D eigenvalue weighted by Gasteiger charge is -2.35. The first-order valence-corrected chi connectivity index (χ1v) is 11.6. The number of hydrogen-bond donors (Lipinski definition) is 2. The number of ether oxygens (including phenoxy) is 1. The van der Waals surface area contributed by atoms with Gasteiger partial charge in [-0.15, -0.1) is 0 Å². The molecule has 1 aliphatic carbocycles. The van der Waals surface area contributed by atoms with Crippen molar-refractivity contribution in [3.63, 3.8) is 0 Å². The number of nitrogens with one attached hydrogen (secondary N) is 2. The van der Waals surface area contributed by atoms with Gasteiger partial charge < -0.3 is 15.4 Å². The molecule has 3 heterocycles. The molecule has 162 valence electrons. The van der Waals surface area contributed by atoms with Crippen molar-refractivity contribution in [1.82, 2.24) is 9.97 Å². The number of anilines is 2. The van der Waals surface area contributed by atoms with E-state index < -0.39 is 0 Å². The molecule has 2 aromatic heterocycles. The van der Waals surface area contributed by atoms with Crippen LogP contribution in [0.25, 0.3) is 11.3 Å². The summed E-state index contributed by atoms with van der Waals surface area (Å²) in [6.07, 6.45) is 10.2. The lowest BCUT2D eigenvalue weighted by atomic mass is 9.88. The van der Waals surface area contributed by atoms with Crippen molar-refractivity contribution in [3.8, 4) is 11.3 Å². The molecule has 0 spiro atoms. The van der Waals surface area contributed by atoms with Crippen LogP contribution in [0.2, 0.25) is 5.02 Å². The van der Waals surface area contributed by atoms with E-state index in [9.17, 15) is 0 Å². The van der Waals surface area contributed by atoms with Gasteiger partial charge in [0.25, 0.3) is 0 Å². The van der Waals surface area contributed by atoms with Gasteiger partial charge in [-0.25, -0.2) is 9.97 Å². The maximum Gasteiger partial charge on any atom is 0.126 e. The maximum atomic E-state index is 6.49. The quantitative estimate of drug-likeness (QED) is 0.577. The Kier molecular flexibility index (Phi) is 6.79. The van der Waals surface area contributed by atoms with Gasteiger partial charge in [-0.1, -0.05) is 36.9 Å². The molecule has 1 aliphatic heterocycles. The Morgan fingerprint density at radius 3 is 2.77 bits per heavy atom. The summed E-state index contributed by atoms with van der Waals surface area (Å²) in [5.74, 6) is 2.35. The molecular weight excluding hydrogens is 396 g/mol.